The Morgan fingerprint density at radius 1 is 0.223 bits per heavy atom. The van der Waals surface area contributed by atoms with Gasteiger partial charge in [0.05, 0.1) is 61.2 Å². The maximum absolute atomic E-state index is 10.0. The quantitative estimate of drug-likeness (QED) is 0.107. The molecule has 24 rings (SSSR count). The molecule has 0 atom stereocenters. The topological polar surface area (TPSA) is 19.6 Å². The highest BCUT2D eigenvalue weighted by Crippen LogP contribution is 2.60. The van der Waals surface area contributed by atoms with Gasteiger partial charge in [-0.05, 0) is 180 Å². The minimum absolute atomic E-state index is 0.00826. The van der Waals surface area contributed by atoms with Gasteiger partial charge < -0.3 is 23.8 Å². The fraction of sp³-hybridized carbons (Fsp3) is 0.00870. The fourth-order valence-electron chi connectivity index (χ4n) is 20.1. The summed E-state index contributed by atoms with van der Waals surface area (Å²) in [4.78, 5) is 7.45. The summed E-state index contributed by atoms with van der Waals surface area (Å²) in [5.74, 6) is 0. The van der Waals surface area contributed by atoms with Gasteiger partial charge >= 0.3 is 0 Å². The molecular formula is C115H76BN5. The average molecular weight is 1550 g/mol. The molecule has 0 saturated carbocycles. The Hall–Kier alpha value is -15.8. The second-order valence-corrected chi connectivity index (χ2v) is 31.5. The first-order valence-corrected chi connectivity index (χ1v) is 41.3. The molecule has 0 radical (unpaired) electrons. The molecule has 564 valence electrons. The van der Waals surface area contributed by atoms with Crippen LogP contribution < -0.4 is 31.1 Å². The van der Waals surface area contributed by atoms with Crippen LogP contribution in [-0.2, 0) is 5.41 Å². The maximum atomic E-state index is 10.0. The third-order valence-electron chi connectivity index (χ3n) is 25.2. The van der Waals surface area contributed by atoms with Crippen LogP contribution in [0.3, 0.4) is 0 Å². The van der Waals surface area contributed by atoms with Gasteiger partial charge in [0.15, 0.2) is 0 Å². The Labute approximate surface area is 715 Å². The molecule has 21 aromatic rings. The van der Waals surface area contributed by atoms with Crippen LogP contribution in [0.5, 0.6) is 0 Å². The second-order valence-electron chi connectivity index (χ2n) is 31.5. The number of anilines is 9. The van der Waals surface area contributed by atoms with Crippen LogP contribution in [0.1, 0.15) is 33.2 Å². The zero-order valence-electron chi connectivity index (χ0n) is 73.6. The molecule has 0 bridgehead atoms. The highest BCUT2D eigenvalue weighted by molar-refractivity contribution is 7.00. The van der Waals surface area contributed by atoms with Crippen molar-refractivity contribution in [2.45, 2.75) is 5.41 Å². The number of fused-ring (bicyclic) bond motifs is 12. The summed E-state index contributed by atoms with van der Waals surface area (Å²) in [6, 6.07) is 145. The van der Waals surface area contributed by atoms with Crippen molar-refractivity contribution >= 4 is 118 Å². The van der Waals surface area contributed by atoms with Crippen molar-refractivity contribution in [3.05, 3.63) is 483 Å². The molecule has 5 nitrogen and oxygen atoms in total. The standard InChI is InChI=1S/C115H76BN5/c1-8-34-78(35-9-1)90-52-32-53-91(79-36-10-2-11-37-79)113(90)120-108-73-83(77-62-66-88(67-63-77)117-102-57-27-22-48-94(102)95-49-23-28-58-103(95)117)64-69-100(108)116-101-70-68-89(119-104-59-29-24-50-96(104)97-51-25-30-60-105(97)119)76-109(101)121(114-92(80-38-12-3-13-39-80)54-33-55-93(114)81-40-14-4-15-41-81)111-75-84(74-110(120)112(111)116)82-65-71-107-99(72-82)115(85-42-16-5-17-43-85,86-44-18-6-19-45-86)98-56-26-31-61-106(98)118(107)87-46-20-7-21-47-87/h1-76H/i24D,25D,29D,30D,50D,51D,59D,60D. The minimum Gasteiger partial charge on any atom is -0.310 e. The van der Waals surface area contributed by atoms with E-state index in [0.29, 0.717) is 5.69 Å². The molecule has 3 aliphatic rings. The first-order chi connectivity index (χ1) is 63.4. The maximum Gasteiger partial charge on any atom is 0.252 e. The van der Waals surface area contributed by atoms with E-state index in [1.165, 1.54) is 10.8 Å². The van der Waals surface area contributed by atoms with E-state index in [1.54, 1.807) is 4.57 Å². The third-order valence-corrected chi connectivity index (χ3v) is 25.2. The van der Waals surface area contributed by atoms with Crippen molar-refractivity contribution in [1.82, 2.24) is 9.13 Å². The number of benzene rings is 19. The molecule has 6 heteroatoms. The van der Waals surface area contributed by atoms with E-state index in [0.717, 1.165) is 173 Å². The van der Waals surface area contributed by atoms with Crippen LogP contribution in [0, 0.1) is 0 Å². The van der Waals surface area contributed by atoms with Crippen LogP contribution in [-0.4, -0.2) is 15.8 Å². The van der Waals surface area contributed by atoms with E-state index < -0.39 is 48.4 Å². The molecular weight excluding hydrogens is 1460 g/mol. The molecule has 19 aromatic carbocycles. The predicted octanol–water partition coefficient (Wildman–Crippen LogP) is 28.1. The molecule has 0 aliphatic carbocycles. The van der Waals surface area contributed by atoms with Gasteiger partial charge in [-0.2, -0.15) is 0 Å². The predicted molar refractivity (Wildman–Crippen MR) is 508 cm³/mol. The van der Waals surface area contributed by atoms with Gasteiger partial charge in [0.25, 0.3) is 6.71 Å². The van der Waals surface area contributed by atoms with Gasteiger partial charge in [-0.25, -0.2) is 0 Å². The number of hydrogen-bond acceptors (Lipinski definition) is 3. The summed E-state index contributed by atoms with van der Waals surface area (Å²) >= 11 is 0. The van der Waals surface area contributed by atoms with Crippen LogP contribution in [0.2, 0.25) is 0 Å². The number of aromatic nitrogens is 2. The smallest absolute Gasteiger partial charge is 0.252 e. The lowest BCUT2D eigenvalue weighted by Crippen LogP contribution is -2.61. The lowest BCUT2D eigenvalue weighted by Gasteiger charge is -2.47. The molecule has 0 N–H and O–H groups in total. The van der Waals surface area contributed by atoms with Crippen molar-refractivity contribution in [3.8, 4) is 78.1 Å². The zero-order chi connectivity index (χ0) is 86.6. The van der Waals surface area contributed by atoms with Gasteiger partial charge in [-0.15, -0.1) is 0 Å². The molecule has 0 unspecified atom stereocenters. The summed E-state index contributed by atoms with van der Waals surface area (Å²) in [5.41, 5.74) is 30.0. The Kier molecular flexibility index (Phi) is 14.4. The zero-order valence-corrected chi connectivity index (χ0v) is 65.6. The van der Waals surface area contributed by atoms with E-state index in [9.17, 15) is 11.0 Å². The molecule has 5 heterocycles. The van der Waals surface area contributed by atoms with Gasteiger partial charge in [0.2, 0.25) is 0 Å². The highest BCUT2D eigenvalue weighted by Gasteiger charge is 2.49. The molecule has 0 amide bonds. The number of hydrogen-bond donors (Lipinski definition) is 0. The Morgan fingerprint density at radius 2 is 0.612 bits per heavy atom. The number of nitrogens with zero attached hydrogens (tertiary/aromatic N) is 5. The lowest BCUT2D eigenvalue weighted by atomic mass is 9.33. The van der Waals surface area contributed by atoms with E-state index in [1.807, 2.05) is 18.2 Å². The van der Waals surface area contributed by atoms with E-state index >= 15 is 0 Å². The largest absolute Gasteiger partial charge is 0.310 e. The van der Waals surface area contributed by atoms with Crippen molar-refractivity contribution in [2.75, 3.05) is 14.7 Å². The molecule has 3 aliphatic heterocycles. The Balaban J connectivity index is 0.869. The Morgan fingerprint density at radius 3 is 1.13 bits per heavy atom. The minimum atomic E-state index is -0.913. The SMILES string of the molecule is [2H]c1c([2H])c([2H])c2c(c1[2H])c1c([2H])c([2H])c([2H])c([2H])c1n2-c1ccc2c(c1)N(c1c(-c3ccccc3)cccc1-c1ccccc1)c1cc(-c3ccc4c(c3)C(c3ccccc3)(c3ccccc3)c3ccccc3N4c3ccccc3)cc3c1B2c1ccc(-c2ccc(-n4c5ccccc5c5ccccc54)cc2)cc1N3c1c(-c2ccccc2)cccc1-c1ccccc1. The summed E-state index contributed by atoms with van der Waals surface area (Å²) in [7, 11) is 0. The van der Waals surface area contributed by atoms with Crippen molar-refractivity contribution < 1.29 is 11.0 Å². The third kappa shape index (κ3) is 10.9. The van der Waals surface area contributed by atoms with Gasteiger partial charge in [-0.1, -0.05) is 364 Å². The van der Waals surface area contributed by atoms with Crippen molar-refractivity contribution in [1.29, 1.82) is 0 Å². The van der Waals surface area contributed by atoms with E-state index in [-0.39, 0.29) is 33.9 Å². The average Bonchev–Trinajstić information content (AvgIpc) is 1.40. The molecule has 121 heavy (non-hydrogen) atoms. The first-order valence-electron chi connectivity index (χ1n) is 45.3. The van der Waals surface area contributed by atoms with Crippen LogP contribution in [0.25, 0.3) is 122 Å². The van der Waals surface area contributed by atoms with Gasteiger partial charge in [-0.3, -0.25) is 0 Å². The monoisotopic (exact) mass is 1550 g/mol. The van der Waals surface area contributed by atoms with Gasteiger partial charge in [0.1, 0.15) is 0 Å². The van der Waals surface area contributed by atoms with E-state index in [2.05, 4.69) is 414 Å². The fourth-order valence-corrected chi connectivity index (χ4v) is 20.1. The number of rotatable bonds is 13. The lowest BCUT2D eigenvalue weighted by molar-refractivity contribution is 0.731. The highest BCUT2D eigenvalue weighted by atomic mass is 15.2. The van der Waals surface area contributed by atoms with Crippen LogP contribution >= 0.6 is 0 Å². The van der Waals surface area contributed by atoms with Crippen LogP contribution in [0.4, 0.5) is 51.2 Å². The summed E-state index contributed by atoms with van der Waals surface area (Å²) in [6.07, 6.45) is 0. The van der Waals surface area contributed by atoms with Crippen LogP contribution in [0.15, 0.2) is 461 Å². The van der Waals surface area contributed by atoms with Crippen molar-refractivity contribution in [3.63, 3.8) is 0 Å². The molecule has 2 aromatic heterocycles. The normalized spacial score (nSPS) is 13.9. The summed E-state index contributed by atoms with van der Waals surface area (Å²) in [5, 5.41) is 2.35. The Bertz CT molecular complexity index is 7870. The second kappa shape index (κ2) is 28.3. The first kappa shape index (κ1) is 61.6. The molecule has 0 saturated heterocycles. The molecule has 0 fully saturated rings. The summed E-state index contributed by atoms with van der Waals surface area (Å²) < 4.78 is 80.8. The van der Waals surface area contributed by atoms with Gasteiger partial charge in [0, 0.05) is 83.6 Å². The number of para-hydroxylation sites is 8. The van der Waals surface area contributed by atoms with E-state index in [4.69, 9.17) is 0 Å². The van der Waals surface area contributed by atoms with Crippen molar-refractivity contribution in [2.24, 2.45) is 0 Å². The molecule has 0 spiro atoms. The summed E-state index contributed by atoms with van der Waals surface area (Å²) in [6.45, 7) is -0.577.